The Hall–Kier alpha value is -1.98. The van der Waals surface area contributed by atoms with Crippen LogP contribution in [-0.4, -0.2) is 28.5 Å². The third-order valence-corrected chi connectivity index (χ3v) is 3.09. The number of benzene rings is 1. The van der Waals surface area contributed by atoms with Gasteiger partial charge in [-0.1, -0.05) is 34.3 Å². The zero-order valence-electron chi connectivity index (χ0n) is 9.91. The van der Waals surface area contributed by atoms with Crippen molar-refractivity contribution in [2.45, 2.75) is 6.42 Å². The number of imide groups is 1. The summed E-state index contributed by atoms with van der Waals surface area (Å²) in [5, 5.41) is 0. The maximum atomic E-state index is 11.6. The number of carbonyl (C=O) groups is 3. The first-order valence-corrected chi connectivity index (χ1v) is 5.90. The predicted octanol–water partition coefficient (Wildman–Crippen LogP) is 1.32. The van der Waals surface area contributed by atoms with Gasteiger partial charge >= 0.3 is 17.8 Å². The molecule has 0 aliphatic carbocycles. The molecule has 5 nitrogen and oxygen atoms in total. The normalized spacial score (nSPS) is 16.7. The molecule has 0 radical (unpaired) electrons. The molecular weight excluding hydrogens is 270 g/mol. The number of rotatable bonds is 4. The lowest BCUT2D eigenvalue weighted by Crippen LogP contribution is -2.46. The molecule has 0 atom stereocenters. The summed E-state index contributed by atoms with van der Waals surface area (Å²) in [5.74, 6) is -1.77. The van der Waals surface area contributed by atoms with Crippen LogP contribution in [0.4, 0.5) is 0 Å². The molecule has 1 aliphatic heterocycles. The minimum atomic E-state index is -1.07. The Kier molecular flexibility index (Phi) is 3.78. The van der Waals surface area contributed by atoms with Crippen LogP contribution < -0.4 is 0 Å². The second-order valence-electron chi connectivity index (χ2n) is 4.03. The summed E-state index contributed by atoms with van der Waals surface area (Å²) in [6, 6.07) is 8.99. The van der Waals surface area contributed by atoms with Gasteiger partial charge in [0.15, 0.2) is 11.8 Å². The standard InChI is InChI=1S/C13H11ClNO4/c14-15(11(16)6-7-12(15)17)9-19-13(18)8-10-4-2-1-3-5-10/h1-7H,8-9H2/q+1. The molecule has 0 aromatic heterocycles. The lowest BCUT2D eigenvalue weighted by molar-refractivity contribution is -0.674. The minimum Gasteiger partial charge on any atom is -0.412 e. The van der Waals surface area contributed by atoms with Crippen LogP contribution in [0.25, 0.3) is 0 Å². The summed E-state index contributed by atoms with van der Waals surface area (Å²) >= 11 is 5.82. The molecule has 2 rings (SSSR count). The molecule has 1 aliphatic rings. The maximum Gasteiger partial charge on any atom is 0.367 e. The predicted molar refractivity (Wildman–Crippen MR) is 66.4 cm³/mol. The molecule has 6 heteroatoms. The molecule has 0 saturated carbocycles. The summed E-state index contributed by atoms with van der Waals surface area (Å²) in [4.78, 5) is 34.4. The summed E-state index contributed by atoms with van der Waals surface area (Å²) in [6.45, 7) is -0.502. The first-order valence-electron chi connectivity index (χ1n) is 5.57. The quantitative estimate of drug-likeness (QED) is 0.474. The van der Waals surface area contributed by atoms with E-state index < -0.39 is 28.5 Å². The Morgan fingerprint density at radius 3 is 2.26 bits per heavy atom. The maximum absolute atomic E-state index is 11.6. The van der Waals surface area contributed by atoms with Crippen LogP contribution in [0, 0.1) is 0 Å². The first-order chi connectivity index (χ1) is 9.02. The van der Waals surface area contributed by atoms with E-state index in [-0.39, 0.29) is 6.42 Å². The van der Waals surface area contributed by atoms with Crippen molar-refractivity contribution >= 4 is 29.6 Å². The number of amides is 2. The number of nitrogens with zero attached hydrogens (tertiary/aromatic N) is 1. The van der Waals surface area contributed by atoms with Crippen molar-refractivity contribution in [3.8, 4) is 0 Å². The van der Waals surface area contributed by atoms with Crippen LogP contribution in [0.1, 0.15) is 5.56 Å². The molecule has 0 N–H and O–H groups in total. The highest BCUT2D eigenvalue weighted by atomic mass is 35.5. The molecule has 1 heterocycles. The van der Waals surface area contributed by atoms with E-state index in [9.17, 15) is 14.4 Å². The Bertz CT molecular complexity index is 535. The molecule has 2 amide bonds. The van der Waals surface area contributed by atoms with Crippen molar-refractivity contribution in [1.82, 2.24) is 0 Å². The van der Waals surface area contributed by atoms with Gasteiger partial charge in [0.25, 0.3) is 6.73 Å². The first kappa shape index (κ1) is 13.5. The Labute approximate surface area is 114 Å². The zero-order valence-corrected chi connectivity index (χ0v) is 10.7. The van der Waals surface area contributed by atoms with Crippen LogP contribution >= 0.6 is 11.8 Å². The number of hydrogen-bond donors (Lipinski definition) is 0. The van der Waals surface area contributed by atoms with Crippen LogP contribution in [0.3, 0.4) is 0 Å². The average molecular weight is 281 g/mol. The number of halogens is 1. The van der Waals surface area contributed by atoms with Crippen molar-refractivity contribution < 1.29 is 23.1 Å². The molecule has 98 valence electrons. The van der Waals surface area contributed by atoms with Gasteiger partial charge in [0.05, 0.1) is 18.6 Å². The molecule has 0 spiro atoms. The summed E-state index contributed by atoms with van der Waals surface area (Å²) in [7, 11) is 0. The molecule has 0 fully saturated rings. The van der Waals surface area contributed by atoms with Gasteiger partial charge < -0.3 is 4.74 Å². The van der Waals surface area contributed by atoms with E-state index in [1.165, 1.54) is 0 Å². The minimum absolute atomic E-state index is 0.0630. The van der Waals surface area contributed by atoms with Crippen LogP contribution in [0.5, 0.6) is 0 Å². The van der Waals surface area contributed by atoms with E-state index in [0.29, 0.717) is 0 Å². The van der Waals surface area contributed by atoms with Crippen molar-refractivity contribution in [2.75, 3.05) is 6.73 Å². The molecule has 1 aromatic carbocycles. The molecule has 0 saturated heterocycles. The molecule has 19 heavy (non-hydrogen) atoms. The Morgan fingerprint density at radius 2 is 1.68 bits per heavy atom. The second kappa shape index (κ2) is 5.34. The smallest absolute Gasteiger partial charge is 0.367 e. The third kappa shape index (κ3) is 2.89. The monoisotopic (exact) mass is 280 g/mol. The van der Waals surface area contributed by atoms with Crippen LogP contribution in [0.2, 0.25) is 0 Å². The van der Waals surface area contributed by atoms with E-state index >= 15 is 0 Å². The Balaban J connectivity index is 1.91. The number of carbonyl (C=O) groups excluding carboxylic acids is 3. The second-order valence-corrected chi connectivity index (χ2v) is 4.61. The van der Waals surface area contributed by atoms with Crippen molar-refractivity contribution in [3.63, 3.8) is 0 Å². The SMILES string of the molecule is O=C(Cc1ccccc1)OC[N+]1(Cl)C(=O)C=CC1=O. The van der Waals surface area contributed by atoms with Crippen molar-refractivity contribution in [2.24, 2.45) is 0 Å². The van der Waals surface area contributed by atoms with Gasteiger partial charge in [0.2, 0.25) is 0 Å². The highest BCUT2D eigenvalue weighted by Crippen LogP contribution is 2.21. The van der Waals surface area contributed by atoms with Gasteiger partial charge in [-0.05, 0) is 5.56 Å². The fourth-order valence-corrected chi connectivity index (χ4v) is 1.75. The summed E-state index contributed by atoms with van der Waals surface area (Å²) < 4.78 is 3.82. The molecule has 0 bridgehead atoms. The van der Waals surface area contributed by atoms with E-state index in [2.05, 4.69) is 0 Å². The number of ether oxygens (including phenoxy) is 1. The van der Waals surface area contributed by atoms with Gasteiger partial charge in [-0.25, -0.2) is 9.59 Å². The highest BCUT2D eigenvalue weighted by molar-refractivity contribution is 6.24. The molecule has 0 unspecified atom stereocenters. The van der Waals surface area contributed by atoms with Crippen molar-refractivity contribution in [1.29, 1.82) is 0 Å². The van der Waals surface area contributed by atoms with E-state index in [0.717, 1.165) is 17.7 Å². The lowest BCUT2D eigenvalue weighted by atomic mass is 10.2. The van der Waals surface area contributed by atoms with Gasteiger partial charge in [-0.2, -0.15) is 0 Å². The van der Waals surface area contributed by atoms with Gasteiger partial charge in [-0.15, -0.1) is 0 Å². The lowest BCUT2D eigenvalue weighted by Gasteiger charge is -2.17. The van der Waals surface area contributed by atoms with E-state index in [1.807, 2.05) is 6.07 Å². The van der Waals surface area contributed by atoms with Crippen LogP contribution in [0.15, 0.2) is 42.5 Å². The summed E-state index contributed by atoms with van der Waals surface area (Å²) in [6.07, 6.45) is 2.20. The largest absolute Gasteiger partial charge is 0.412 e. The fourth-order valence-electron chi connectivity index (χ4n) is 1.59. The average Bonchev–Trinajstić information content (AvgIpc) is 2.66. The number of hydrogen-bond acceptors (Lipinski definition) is 4. The van der Waals surface area contributed by atoms with Crippen LogP contribution in [-0.2, 0) is 25.5 Å². The zero-order chi connectivity index (χ0) is 13.9. The Morgan fingerprint density at radius 1 is 1.11 bits per heavy atom. The van der Waals surface area contributed by atoms with Gasteiger partial charge in [0, 0.05) is 0 Å². The highest BCUT2D eigenvalue weighted by Gasteiger charge is 2.47. The van der Waals surface area contributed by atoms with E-state index in [1.54, 1.807) is 24.3 Å². The number of quaternary nitrogens is 1. The van der Waals surface area contributed by atoms with Gasteiger partial charge in [0.1, 0.15) is 0 Å². The topological polar surface area (TPSA) is 60.4 Å². The van der Waals surface area contributed by atoms with Gasteiger partial charge in [-0.3, -0.25) is 4.79 Å². The van der Waals surface area contributed by atoms with Crippen molar-refractivity contribution in [3.05, 3.63) is 48.0 Å². The fraction of sp³-hybridized carbons (Fsp3) is 0.154. The molecular formula is C13H11ClNO4+. The number of esters is 1. The molecule has 1 aromatic rings. The summed E-state index contributed by atoms with van der Waals surface area (Å²) in [5.41, 5.74) is 0.783. The van der Waals surface area contributed by atoms with E-state index in [4.69, 9.17) is 16.5 Å². The third-order valence-electron chi connectivity index (χ3n) is 2.66.